The molecule has 2 aromatic heterocycles. The molecule has 18 heavy (non-hydrogen) atoms. The van der Waals surface area contributed by atoms with E-state index in [-0.39, 0.29) is 11.8 Å². The molecule has 1 fully saturated rings. The van der Waals surface area contributed by atoms with Crippen LogP contribution in [0.1, 0.15) is 12.8 Å². The molecule has 7 heteroatoms. The molecule has 0 aliphatic carbocycles. The van der Waals surface area contributed by atoms with Crippen molar-refractivity contribution in [2.75, 3.05) is 5.32 Å². The fourth-order valence-electron chi connectivity index (χ4n) is 1.90. The standard InChI is InChI=1S/C11H10N4O2S/c16-8-2-1-7(10(17)15-8)14-9-6-3-4-18-11(6)13-5-12-9/h3-5,7H,1-2H2,(H,12,13,14)(H,15,16,17). The molecule has 92 valence electrons. The smallest absolute Gasteiger partial charge is 0.249 e. The molecule has 2 N–H and O–H groups in total. The molecule has 3 rings (SSSR count). The summed E-state index contributed by atoms with van der Waals surface area (Å²) >= 11 is 1.52. The van der Waals surface area contributed by atoms with Crippen molar-refractivity contribution in [3.63, 3.8) is 0 Å². The highest BCUT2D eigenvalue weighted by atomic mass is 32.1. The zero-order valence-electron chi connectivity index (χ0n) is 9.34. The molecule has 0 spiro atoms. The lowest BCUT2D eigenvalue weighted by atomic mass is 10.1. The number of anilines is 1. The van der Waals surface area contributed by atoms with E-state index in [2.05, 4.69) is 20.6 Å². The van der Waals surface area contributed by atoms with Crippen LogP contribution in [0.5, 0.6) is 0 Å². The van der Waals surface area contributed by atoms with E-state index in [0.29, 0.717) is 18.7 Å². The van der Waals surface area contributed by atoms with Crippen molar-refractivity contribution in [1.29, 1.82) is 0 Å². The second kappa shape index (κ2) is 4.34. The first-order valence-electron chi connectivity index (χ1n) is 5.52. The topological polar surface area (TPSA) is 84.0 Å². The van der Waals surface area contributed by atoms with Crippen molar-refractivity contribution in [2.24, 2.45) is 0 Å². The number of carbonyl (C=O) groups is 2. The quantitative estimate of drug-likeness (QED) is 0.786. The lowest BCUT2D eigenvalue weighted by Crippen LogP contribution is -2.47. The normalized spacial score (nSPS) is 19.9. The van der Waals surface area contributed by atoms with E-state index in [1.165, 1.54) is 17.7 Å². The van der Waals surface area contributed by atoms with Crippen molar-refractivity contribution in [2.45, 2.75) is 18.9 Å². The van der Waals surface area contributed by atoms with Gasteiger partial charge >= 0.3 is 0 Å². The van der Waals surface area contributed by atoms with Crippen LogP contribution in [-0.4, -0.2) is 27.8 Å². The molecule has 1 atom stereocenters. The van der Waals surface area contributed by atoms with Crippen molar-refractivity contribution in [1.82, 2.24) is 15.3 Å². The molecule has 2 amide bonds. The van der Waals surface area contributed by atoms with Crippen molar-refractivity contribution >= 4 is 39.2 Å². The summed E-state index contributed by atoms with van der Waals surface area (Å²) in [5.74, 6) is 0.116. The largest absolute Gasteiger partial charge is 0.358 e. The zero-order valence-corrected chi connectivity index (χ0v) is 10.2. The monoisotopic (exact) mass is 262 g/mol. The first-order valence-corrected chi connectivity index (χ1v) is 6.40. The van der Waals surface area contributed by atoms with Gasteiger partial charge in [-0.3, -0.25) is 14.9 Å². The van der Waals surface area contributed by atoms with Crippen LogP contribution in [0.2, 0.25) is 0 Å². The molecule has 2 aromatic rings. The van der Waals surface area contributed by atoms with Crippen LogP contribution in [0.3, 0.4) is 0 Å². The molecule has 1 aliphatic heterocycles. The summed E-state index contributed by atoms with van der Waals surface area (Å²) < 4.78 is 0. The van der Waals surface area contributed by atoms with Gasteiger partial charge in [0.05, 0.1) is 5.39 Å². The van der Waals surface area contributed by atoms with Crippen LogP contribution in [-0.2, 0) is 9.59 Å². The SMILES string of the molecule is O=C1CCC(Nc2ncnc3sccc23)C(=O)N1. The van der Waals surface area contributed by atoms with Gasteiger partial charge in [0.25, 0.3) is 0 Å². The number of nitrogens with zero attached hydrogens (tertiary/aromatic N) is 2. The van der Waals surface area contributed by atoms with Crippen LogP contribution in [0.4, 0.5) is 5.82 Å². The van der Waals surface area contributed by atoms with Crippen LogP contribution >= 0.6 is 11.3 Å². The number of fused-ring (bicyclic) bond motifs is 1. The van der Waals surface area contributed by atoms with E-state index in [9.17, 15) is 9.59 Å². The first kappa shape index (κ1) is 11.1. The van der Waals surface area contributed by atoms with E-state index >= 15 is 0 Å². The summed E-state index contributed by atoms with van der Waals surface area (Å²) in [6, 6.07) is 1.49. The third-order valence-electron chi connectivity index (χ3n) is 2.81. The molecular weight excluding hydrogens is 252 g/mol. The van der Waals surface area contributed by atoms with E-state index in [0.717, 1.165) is 10.2 Å². The lowest BCUT2D eigenvalue weighted by Gasteiger charge is -2.22. The minimum absolute atomic E-state index is 0.221. The van der Waals surface area contributed by atoms with Gasteiger partial charge in [0.15, 0.2) is 0 Å². The Morgan fingerprint density at radius 2 is 2.28 bits per heavy atom. The number of thiophene rings is 1. The third-order valence-corrected chi connectivity index (χ3v) is 3.63. The predicted octanol–water partition coefficient (Wildman–Crippen LogP) is 0.908. The van der Waals surface area contributed by atoms with Crippen LogP contribution in [0, 0.1) is 0 Å². The average Bonchev–Trinajstić information content (AvgIpc) is 2.82. The second-order valence-corrected chi connectivity index (χ2v) is 4.90. The number of piperidine rings is 1. The van der Waals surface area contributed by atoms with E-state index < -0.39 is 6.04 Å². The number of rotatable bonds is 2. The number of amides is 2. The van der Waals surface area contributed by atoms with Gasteiger partial charge in [-0.1, -0.05) is 0 Å². The highest BCUT2D eigenvalue weighted by Crippen LogP contribution is 2.25. The number of imide groups is 1. The van der Waals surface area contributed by atoms with Gasteiger partial charge in [-0.05, 0) is 17.9 Å². The van der Waals surface area contributed by atoms with Gasteiger partial charge in [0.2, 0.25) is 11.8 Å². The molecule has 0 saturated carbocycles. The Morgan fingerprint density at radius 1 is 1.39 bits per heavy atom. The Kier molecular flexibility index (Phi) is 2.67. The Balaban J connectivity index is 1.86. The number of carbonyl (C=O) groups excluding carboxylic acids is 2. The van der Waals surface area contributed by atoms with Gasteiger partial charge < -0.3 is 5.32 Å². The van der Waals surface area contributed by atoms with Gasteiger partial charge in [-0.15, -0.1) is 11.3 Å². The summed E-state index contributed by atoms with van der Waals surface area (Å²) in [5.41, 5.74) is 0. The van der Waals surface area contributed by atoms with Crippen molar-refractivity contribution in [3.05, 3.63) is 17.8 Å². The summed E-state index contributed by atoms with van der Waals surface area (Å²) in [7, 11) is 0. The predicted molar refractivity (Wildman–Crippen MR) is 67.2 cm³/mol. The number of aromatic nitrogens is 2. The molecule has 1 aliphatic rings. The average molecular weight is 262 g/mol. The van der Waals surface area contributed by atoms with E-state index in [1.807, 2.05) is 11.4 Å². The molecule has 0 bridgehead atoms. The van der Waals surface area contributed by atoms with Crippen LogP contribution in [0.15, 0.2) is 17.8 Å². The van der Waals surface area contributed by atoms with Crippen LogP contribution in [0.25, 0.3) is 10.2 Å². The molecular formula is C11H10N4O2S. The maximum absolute atomic E-state index is 11.6. The summed E-state index contributed by atoms with van der Waals surface area (Å²) in [6.07, 6.45) is 2.30. The van der Waals surface area contributed by atoms with Gasteiger partial charge in [0.1, 0.15) is 23.0 Å². The minimum atomic E-state index is -0.416. The molecule has 0 radical (unpaired) electrons. The van der Waals surface area contributed by atoms with E-state index in [1.54, 1.807) is 0 Å². The zero-order chi connectivity index (χ0) is 12.5. The summed E-state index contributed by atoms with van der Waals surface area (Å²) in [5, 5.41) is 8.20. The van der Waals surface area contributed by atoms with Crippen LogP contribution < -0.4 is 10.6 Å². The molecule has 6 nitrogen and oxygen atoms in total. The Labute approximate surface area is 106 Å². The number of nitrogens with one attached hydrogen (secondary N) is 2. The maximum Gasteiger partial charge on any atom is 0.249 e. The maximum atomic E-state index is 11.6. The second-order valence-electron chi connectivity index (χ2n) is 4.01. The van der Waals surface area contributed by atoms with Gasteiger partial charge in [-0.2, -0.15) is 0 Å². The van der Waals surface area contributed by atoms with Crippen molar-refractivity contribution < 1.29 is 9.59 Å². The number of hydrogen-bond acceptors (Lipinski definition) is 6. The summed E-state index contributed by atoms with van der Waals surface area (Å²) in [6.45, 7) is 0. The molecule has 3 heterocycles. The van der Waals surface area contributed by atoms with E-state index in [4.69, 9.17) is 0 Å². The highest BCUT2D eigenvalue weighted by molar-refractivity contribution is 7.16. The fourth-order valence-corrected chi connectivity index (χ4v) is 2.63. The third kappa shape index (κ3) is 1.92. The molecule has 0 aromatic carbocycles. The highest BCUT2D eigenvalue weighted by Gasteiger charge is 2.27. The van der Waals surface area contributed by atoms with Crippen molar-refractivity contribution in [3.8, 4) is 0 Å². The fraction of sp³-hybridized carbons (Fsp3) is 0.273. The number of hydrogen-bond donors (Lipinski definition) is 2. The minimum Gasteiger partial charge on any atom is -0.358 e. The Morgan fingerprint density at radius 3 is 3.11 bits per heavy atom. The lowest BCUT2D eigenvalue weighted by molar-refractivity contribution is -0.133. The Hall–Kier alpha value is -2.02. The Bertz CT molecular complexity index is 624. The van der Waals surface area contributed by atoms with Gasteiger partial charge in [0, 0.05) is 6.42 Å². The first-order chi connectivity index (χ1) is 8.74. The molecule has 1 saturated heterocycles. The van der Waals surface area contributed by atoms with Gasteiger partial charge in [-0.25, -0.2) is 9.97 Å². The summed E-state index contributed by atoms with van der Waals surface area (Å²) in [4.78, 5) is 31.9. The molecule has 1 unspecified atom stereocenters.